The first kappa shape index (κ1) is 16.2. The van der Waals surface area contributed by atoms with Crippen LogP contribution in [0.2, 0.25) is 0 Å². The number of aliphatic carboxylic acids is 1. The van der Waals surface area contributed by atoms with Gasteiger partial charge < -0.3 is 14.7 Å². The van der Waals surface area contributed by atoms with Gasteiger partial charge in [0.25, 0.3) is 0 Å². The number of halogens is 1. The zero-order valence-corrected chi connectivity index (χ0v) is 11.8. The quantitative estimate of drug-likeness (QED) is 0.588. The molecule has 0 saturated heterocycles. The van der Waals surface area contributed by atoms with E-state index in [9.17, 15) is 9.18 Å². The summed E-state index contributed by atoms with van der Waals surface area (Å²) in [5.74, 6) is -1.44. The second-order valence-electron chi connectivity index (χ2n) is 4.19. The van der Waals surface area contributed by atoms with Crippen molar-refractivity contribution in [3.63, 3.8) is 0 Å². The second kappa shape index (κ2) is 8.32. The van der Waals surface area contributed by atoms with Crippen LogP contribution in [-0.4, -0.2) is 37.4 Å². The minimum absolute atomic E-state index is 0.387. The number of anilines is 1. The van der Waals surface area contributed by atoms with E-state index < -0.39 is 5.97 Å². The molecular formula is C15H20FNO3. The lowest BCUT2D eigenvalue weighted by Gasteiger charge is -2.23. The van der Waals surface area contributed by atoms with Crippen LogP contribution in [0.5, 0.6) is 0 Å². The molecule has 0 atom stereocenters. The van der Waals surface area contributed by atoms with E-state index in [0.717, 1.165) is 18.3 Å². The molecule has 0 spiro atoms. The van der Waals surface area contributed by atoms with Gasteiger partial charge in [0.1, 0.15) is 5.82 Å². The van der Waals surface area contributed by atoms with E-state index in [1.807, 2.05) is 18.7 Å². The molecule has 5 heteroatoms. The van der Waals surface area contributed by atoms with Gasteiger partial charge >= 0.3 is 5.97 Å². The molecule has 0 radical (unpaired) electrons. The van der Waals surface area contributed by atoms with Crippen molar-refractivity contribution in [3.05, 3.63) is 35.7 Å². The number of benzene rings is 1. The topological polar surface area (TPSA) is 49.8 Å². The molecule has 1 N–H and O–H groups in total. The van der Waals surface area contributed by atoms with Crippen LogP contribution in [0, 0.1) is 5.82 Å². The second-order valence-corrected chi connectivity index (χ2v) is 4.19. The molecule has 0 aliphatic heterocycles. The summed E-state index contributed by atoms with van der Waals surface area (Å²) in [5, 5.41) is 8.60. The highest BCUT2D eigenvalue weighted by molar-refractivity contribution is 5.85. The van der Waals surface area contributed by atoms with Crippen molar-refractivity contribution in [3.8, 4) is 0 Å². The Balaban J connectivity index is 2.89. The van der Waals surface area contributed by atoms with Gasteiger partial charge in [-0.2, -0.15) is 0 Å². The Labute approximate surface area is 118 Å². The van der Waals surface area contributed by atoms with Crippen molar-refractivity contribution in [2.24, 2.45) is 0 Å². The van der Waals surface area contributed by atoms with Crippen LogP contribution in [0.25, 0.3) is 6.08 Å². The molecule has 0 heterocycles. The van der Waals surface area contributed by atoms with E-state index in [-0.39, 0.29) is 5.82 Å². The number of hydrogen-bond donors (Lipinski definition) is 1. The Morgan fingerprint density at radius 1 is 1.40 bits per heavy atom. The van der Waals surface area contributed by atoms with Crippen molar-refractivity contribution >= 4 is 17.7 Å². The van der Waals surface area contributed by atoms with Crippen molar-refractivity contribution < 1.29 is 19.0 Å². The molecule has 0 aliphatic rings. The molecule has 20 heavy (non-hydrogen) atoms. The molecule has 0 amide bonds. The average Bonchev–Trinajstić information content (AvgIpc) is 2.41. The minimum atomic E-state index is -1.06. The number of rotatable bonds is 8. The van der Waals surface area contributed by atoms with E-state index in [1.54, 1.807) is 6.07 Å². The highest BCUT2D eigenvalue weighted by Crippen LogP contribution is 2.19. The summed E-state index contributed by atoms with van der Waals surface area (Å²) < 4.78 is 18.9. The van der Waals surface area contributed by atoms with Crippen molar-refractivity contribution in [2.75, 3.05) is 31.2 Å². The molecule has 0 aliphatic carbocycles. The molecule has 0 saturated carbocycles. The van der Waals surface area contributed by atoms with Crippen LogP contribution >= 0.6 is 0 Å². The number of carboxylic acids is 1. The fourth-order valence-corrected chi connectivity index (χ4v) is 1.83. The number of hydrogen-bond acceptors (Lipinski definition) is 3. The van der Waals surface area contributed by atoms with Gasteiger partial charge in [0.15, 0.2) is 0 Å². The van der Waals surface area contributed by atoms with Crippen LogP contribution in [0.15, 0.2) is 24.3 Å². The zero-order valence-electron chi connectivity index (χ0n) is 11.8. The van der Waals surface area contributed by atoms with Crippen LogP contribution in [0.3, 0.4) is 0 Å². The summed E-state index contributed by atoms with van der Waals surface area (Å²) in [6.07, 6.45) is 2.38. The standard InChI is InChI=1S/C15H20FNO3/c1-3-17(7-8-20-4-2)14-10-12(5-6-15(18)19)9-13(16)11-14/h5-6,9-11H,3-4,7-8H2,1-2H3,(H,18,19)/b6-5+. The summed E-state index contributed by atoms with van der Waals surface area (Å²) in [4.78, 5) is 12.5. The monoisotopic (exact) mass is 281 g/mol. The van der Waals surface area contributed by atoms with Gasteiger partial charge in [0, 0.05) is 31.5 Å². The smallest absolute Gasteiger partial charge is 0.328 e. The molecule has 1 rings (SSSR count). The first-order valence-electron chi connectivity index (χ1n) is 6.61. The Morgan fingerprint density at radius 3 is 2.75 bits per heavy atom. The maximum Gasteiger partial charge on any atom is 0.328 e. The van der Waals surface area contributed by atoms with Crippen molar-refractivity contribution in [2.45, 2.75) is 13.8 Å². The van der Waals surface area contributed by atoms with Crippen molar-refractivity contribution in [1.82, 2.24) is 0 Å². The third-order valence-electron chi connectivity index (χ3n) is 2.78. The Morgan fingerprint density at radius 2 is 2.15 bits per heavy atom. The first-order valence-corrected chi connectivity index (χ1v) is 6.61. The maximum absolute atomic E-state index is 13.6. The van der Waals surface area contributed by atoms with E-state index in [1.165, 1.54) is 18.2 Å². The summed E-state index contributed by atoms with van der Waals surface area (Å²) in [5.41, 5.74) is 1.24. The molecular weight excluding hydrogens is 261 g/mol. The fraction of sp³-hybridized carbons (Fsp3) is 0.400. The SMILES string of the molecule is CCOCCN(CC)c1cc(F)cc(/C=C/C(=O)O)c1. The highest BCUT2D eigenvalue weighted by Gasteiger charge is 2.07. The van der Waals surface area contributed by atoms with Gasteiger partial charge in [-0.1, -0.05) is 0 Å². The predicted octanol–water partition coefficient (Wildman–Crippen LogP) is 2.79. The summed E-state index contributed by atoms with van der Waals surface area (Å²) in [6.45, 7) is 6.50. The van der Waals surface area contributed by atoms with Crippen molar-refractivity contribution in [1.29, 1.82) is 0 Å². The van der Waals surface area contributed by atoms with Gasteiger partial charge in [0.05, 0.1) is 6.61 Å². The maximum atomic E-state index is 13.6. The van der Waals surface area contributed by atoms with E-state index in [0.29, 0.717) is 25.3 Å². The third kappa shape index (κ3) is 5.40. The molecule has 4 nitrogen and oxygen atoms in total. The van der Waals surface area contributed by atoms with E-state index >= 15 is 0 Å². The zero-order chi connectivity index (χ0) is 15.0. The third-order valence-corrected chi connectivity index (χ3v) is 2.78. The largest absolute Gasteiger partial charge is 0.478 e. The van der Waals surface area contributed by atoms with Crippen LogP contribution < -0.4 is 4.90 Å². The predicted molar refractivity (Wildman–Crippen MR) is 77.4 cm³/mol. The van der Waals surface area contributed by atoms with Crippen LogP contribution in [0.4, 0.5) is 10.1 Å². The first-order chi connectivity index (χ1) is 9.56. The molecule has 1 aromatic rings. The number of nitrogens with zero attached hydrogens (tertiary/aromatic N) is 1. The number of carboxylic acid groups (broad SMARTS) is 1. The Bertz CT molecular complexity index is 474. The number of carbonyl (C=O) groups is 1. The number of likely N-dealkylation sites (N-methyl/N-ethyl adjacent to an activating group) is 1. The lowest BCUT2D eigenvalue weighted by atomic mass is 10.1. The lowest BCUT2D eigenvalue weighted by Crippen LogP contribution is -2.27. The molecule has 0 unspecified atom stereocenters. The van der Waals surface area contributed by atoms with E-state index in [2.05, 4.69) is 0 Å². The van der Waals surface area contributed by atoms with Gasteiger partial charge in [-0.05, 0) is 43.7 Å². The van der Waals surface area contributed by atoms with Gasteiger partial charge in [-0.3, -0.25) is 0 Å². The van der Waals surface area contributed by atoms with E-state index in [4.69, 9.17) is 9.84 Å². The Kier molecular flexibility index (Phi) is 6.73. The number of ether oxygens (including phenoxy) is 1. The normalized spacial score (nSPS) is 10.9. The summed E-state index contributed by atoms with van der Waals surface area (Å²) >= 11 is 0. The fourth-order valence-electron chi connectivity index (χ4n) is 1.83. The van der Waals surface area contributed by atoms with Crippen LogP contribution in [0.1, 0.15) is 19.4 Å². The average molecular weight is 281 g/mol. The molecule has 110 valence electrons. The van der Waals surface area contributed by atoms with Crippen LogP contribution in [-0.2, 0) is 9.53 Å². The lowest BCUT2D eigenvalue weighted by molar-refractivity contribution is -0.131. The van der Waals surface area contributed by atoms with Gasteiger partial charge in [-0.25, -0.2) is 9.18 Å². The highest BCUT2D eigenvalue weighted by atomic mass is 19.1. The molecule has 0 fully saturated rings. The minimum Gasteiger partial charge on any atom is -0.478 e. The molecule has 0 aromatic heterocycles. The molecule has 1 aromatic carbocycles. The van der Waals surface area contributed by atoms with Gasteiger partial charge in [-0.15, -0.1) is 0 Å². The molecule has 0 bridgehead atoms. The van der Waals surface area contributed by atoms with Gasteiger partial charge in [0.2, 0.25) is 0 Å². The summed E-state index contributed by atoms with van der Waals surface area (Å²) in [6, 6.07) is 4.50. The Hall–Kier alpha value is -1.88. The summed E-state index contributed by atoms with van der Waals surface area (Å²) in [7, 11) is 0.